The van der Waals surface area contributed by atoms with Crippen LogP contribution in [0.1, 0.15) is 48.5 Å². The highest BCUT2D eigenvalue weighted by Gasteiger charge is 2.51. The summed E-state index contributed by atoms with van der Waals surface area (Å²) in [4.78, 5) is 23.5. The van der Waals surface area contributed by atoms with Crippen molar-refractivity contribution in [3.05, 3.63) is 29.3 Å². The summed E-state index contributed by atoms with van der Waals surface area (Å²) in [5.74, 6) is -0.506. The number of aliphatic carboxylic acids is 1. The highest BCUT2D eigenvalue weighted by molar-refractivity contribution is 5.95. The minimum Gasteiger partial charge on any atom is -0.497 e. The minimum absolute atomic E-state index is 0.345. The fraction of sp³-hybridized carbons (Fsp3) is 0.500. The van der Waals surface area contributed by atoms with Crippen molar-refractivity contribution in [1.82, 2.24) is 0 Å². The van der Waals surface area contributed by atoms with Crippen LogP contribution in [-0.2, 0) is 15.1 Å². The van der Waals surface area contributed by atoms with E-state index in [1.54, 1.807) is 20.1 Å². The fourth-order valence-corrected chi connectivity index (χ4v) is 3.29. The number of carbonyl (C=O) groups excluding carboxylic acids is 1. The van der Waals surface area contributed by atoms with Crippen LogP contribution in [0, 0.1) is 5.41 Å². The second-order valence-corrected chi connectivity index (χ2v) is 6.16. The second-order valence-electron chi connectivity index (χ2n) is 6.16. The molecule has 5 heteroatoms. The standard InChI is InChI=1S/C16H18O5/c1-15(14(18)19)5-7-16(8-6-15)12-4-3-10(20-2)9-11(12)13(17)21-16/h3-4,9H,5-8H2,1-2H3,(H,18,19). The van der Waals surface area contributed by atoms with E-state index < -0.39 is 17.0 Å². The van der Waals surface area contributed by atoms with Gasteiger partial charge < -0.3 is 14.6 Å². The molecule has 1 aromatic carbocycles. The Kier molecular flexibility index (Phi) is 2.97. The number of rotatable bonds is 2. The number of carbonyl (C=O) groups is 2. The summed E-state index contributed by atoms with van der Waals surface area (Å²) in [5, 5.41) is 9.32. The maximum absolute atomic E-state index is 12.1. The molecule has 2 aliphatic rings. The summed E-state index contributed by atoms with van der Waals surface area (Å²) >= 11 is 0. The number of hydrogen-bond donors (Lipinski definition) is 1. The third-order valence-electron chi connectivity index (χ3n) is 4.90. The molecule has 1 aliphatic heterocycles. The molecular weight excluding hydrogens is 272 g/mol. The predicted octanol–water partition coefficient (Wildman–Crippen LogP) is 2.73. The summed E-state index contributed by atoms with van der Waals surface area (Å²) in [5.41, 5.74) is 0.00887. The average Bonchev–Trinajstić information content (AvgIpc) is 2.75. The lowest BCUT2D eigenvalue weighted by molar-refractivity contribution is -0.153. The molecule has 1 fully saturated rings. The summed E-state index contributed by atoms with van der Waals surface area (Å²) < 4.78 is 10.8. The van der Waals surface area contributed by atoms with E-state index in [0.717, 1.165) is 5.56 Å². The van der Waals surface area contributed by atoms with Crippen LogP contribution >= 0.6 is 0 Å². The highest BCUT2D eigenvalue weighted by atomic mass is 16.6. The molecule has 1 spiro atoms. The van der Waals surface area contributed by atoms with Crippen molar-refractivity contribution in [1.29, 1.82) is 0 Å². The van der Waals surface area contributed by atoms with Crippen LogP contribution in [0.2, 0.25) is 0 Å². The molecule has 0 aromatic heterocycles. The lowest BCUT2D eigenvalue weighted by Crippen LogP contribution is -2.40. The fourth-order valence-electron chi connectivity index (χ4n) is 3.29. The Labute approximate surface area is 122 Å². The SMILES string of the molecule is COc1ccc2c(c1)C(=O)OC21CCC(C)(C(=O)O)CC1. The van der Waals surface area contributed by atoms with Gasteiger partial charge in [-0.25, -0.2) is 4.79 Å². The third kappa shape index (κ3) is 1.99. The first-order valence-electron chi connectivity index (χ1n) is 7.05. The van der Waals surface area contributed by atoms with E-state index in [1.165, 1.54) is 0 Å². The topological polar surface area (TPSA) is 72.8 Å². The van der Waals surface area contributed by atoms with Crippen LogP contribution in [-0.4, -0.2) is 24.2 Å². The molecule has 1 aliphatic carbocycles. The van der Waals surface area contributed by atoms with E-state index in [1.807, 2.05) is 12.1 Å². The molecule has 1 aromatic rings. The molecule has 0 bridgehead atoms. The number of esters is 1. The first kappa shape index (κ1) is 13.9. The van der Waals surface area contributed by atoms with E-state index in [-0.39, 0.29) is 5.97 Å². The normalized spacial score (nSPS) is 30.9. The van der Waals surface area contributed by atoms with E-state index >= 15 is 0 Å². The first-order chi connectivity index (χ1) is 9.90. The number of benzene rings is 1. The Morgan fingerprint density at radius 3 is 2.52 bits per heavy atom. The van der Waals surface area contributed by atoms with Crippen LogP contribution in [0.4, 0.5) is 0 Å². The summed E-state index contributed by atoms with van der Waals surface area (Å²) in [7, 11) is 1.55. The van der Waals surface area contributed by atoms with Crippen LogP contribution in [0.25, 0.3) is 0 Å². The molecule has 0 unspecified atom stereocenters. The van der Waals surface area contributed by atoms with Crippen molar-refractivity contribution in [2.75, 3.05) is 7.11 Å². The molecule has 0 atom stereocenters. The first-order valence-corrected chi connectivity index (χ1v) is 7.05. The smallest absolute Gasteiger partial charge is 0.339 e. The van der Waals surface area contributed by atoms with Gasteiger partial charge in [0.05, 0.1) is 18.1 Å². The van der Waals surface area contributed by atoms with Gasteiger partial charge >= 0.3 is 11.9 Å². The molecule has 21 heavy (non-hydrogen) atoms. The third-order valence-corrected chi connectivity index (χ3v) is 4.90. The molecule has 1 heterocycles. The Bertz CT molecular complexity index is 611. The van der Waals surface area contributed by atoms with Crippen LogP contribution in [0.15, 0.2) is 18.2 Å². The molecule has 1 N–H and O–H groups in total. The number of methoxy groups -OCH3 is 1. The number of ether oxygens (including phenoxy) is 2. The zero-order valence-corrected chi connectivity index (χ0v) is 12.1. The van der Waals surface area contributed by atoms with Crippen molar-refractivity contribution in [3.8, 4) is 5.75 Å². The molecule has 0 saturated heterocycles. The van der Waals surface area contributed by atoms with Gasteiger partial charge in [-0.15, -0.1) is 0 Å². The van der Waals surface area contributed by atoms with Gasteiger partial charge in [0.1, 0.15) is 11.4 Å². The van der Waals surface area contributed by atoms with Gasteiger partial charge in [0, 0.05) is 5.56 Å². The van der Waals surface area contributed by atoms with Gasteiger partial charge in [0.15, 0.2) is 0 Å². The van der Waals surface area contributed by atoms with Crippen molar-refractivity contribution in [2.24, 2.45) is 5.41 Å². The number of hydrogen-bond acceptors (Lipinski definition) is 4. The van der Waals surface area contributed by atoms with E-state index in [2.05, 4.69) is 0 Å². The number of carboxylic acid groups (broad SMARTS) is 1. The molecule has 3 rings (SSSR count). The molecule has 1 saturated carbocycles. The summed E-state index contributed by atoms with van der Waals surface area (Å²) in [6, 6.07) is 5.37. The van der Waals surface area contributed by atoms with E-state index in [4.69, 9.17) is 9.47 Å². The lowest BCUT2D eigenvalue weighted by Gasteiger charge is -2.40. The predicted molar refractivity (Wildman–Crippen MR) is 74.3 cm³/mol. The molecule has 0 amide bonds. The van der Waals surface area contributed by atoms with Crippen molar-refractivity contribution in [2.45, 2.75) is 38.2 Å². The quantitative estimate of drug-likeness (QED) is 0.848. The van der Waals surface area contributed by atoms with Gasteiger partial charge in [0.2, 0.25) is 0 Å². The van der Waals surface area contributed by atoms with Gasteiger partial charge in [-0.1, -0.05) is 6.07 Å². The minimum atomic E-state index is -0.781. The molecule has 5 nitrogen and oxygen atoms in total. The van der Waals surface area contributed by atoms with Crippen molar-refractivity contribution >= 4 is 11.9 Å². The van der Waals surface area contributed by atoms with Crippen molar-refractivity contribution in [3.63, 3.8) is 0 Å². The Morgan fingerprint density at radius 2 is 1.95 bits per heavy atom. The average molecular weight is 290 g/mol. The highest BCUT2D eigenvalue weighted by Crippen LogP contribution is 2.52. The van der Waals surface area contributed by atoms with Crippen LogP contribution < -0.4 is 4.74 Å². The van der Waals surface area contributed by atoms with Gasteiger partial charge in [-0.05, 0) is 44.7 Å². The number of carboxylic acids is 1. The monoisotopic (exact) mass is 290 g/mol. The maximum Gasteiger partial charge on any atom is 0.339 e. The van der Waals surface area contributed by atoms with Crippen molar-refractivity contribution < 1.29 is 24.2 Å². The van der Waals surface area contributed by atoms with Gasteiger partial charge in [-0.2, -0.15) is 0 Å². The van der Waals surface area contributed by atoms with Crippen LogP contribution in [0.5, 0.6) is 5.75 Å². The number of fused-ring (bicyclic) bond motifs is 2. The van der Waals surface area contributed by atoms with Gasteiger partial charge in [-0.3, -0.25) is 4.79 Å². The van der Waals surface area contributed by atoms with Gasteiger partial charge in [0.25, 0.3) is 0 Å². The molecular formula is C16H18O5. The van der Waals surface area contributed by atoms with Crippen LogP contribution in [0.3, 0.4) is 0 Å². The van der Waals surface area contributed by atoms with E-state index in [0.29, 0.717) is 37.0 Å². The second kappa shape index (κ2) is 4.48. The zero-order valence-electron chi connectivity index (χ0n) is 12.1. The summed E-state index contributed by atoms with van der Waals surface area (Å²) in [6.07, 6.45) is 2.09. The summed E-state index contributed by atoms with van der Waals surface area (Å²) in [6.45, 7) is 1.76. The Hall–Kier alpha value is -2.04. The van der Waals surface area contributed by atoms with E-state index in [9.17, 15) is 14.7 Å². The Balaban J connectivity index is 1.94. The zero-order chi connectivity index (χ0) is 15.3. The largest absolute Gasteiger partial charge is 0.497 e. The maximum atomic E-state index is 12.1. The Morgan fingerprint density at radius 1 is 1.29 bits per heavy atom. The molecule has 112 valence electrons. The lowest BCUT2D eigenvalue weighted by atomic mass is 9.68. The molecule has 0 radical (unpaired) electrons.